The van der Waals surface area contributed by atoms with Crippen molar-refractivity contribution in [2.24, 2.45) is 11.7 Å². The lowest BCUT2D eigenvalue weighted by atomic mass is 10.1. The highest BCUT2D eigenvalue weighted by atomic mass is 16.2. The minimum Gasteiger partial charge on any atom is -0.368 e. The molecule has 3 N–H and O–H groups in total. The van der Waals surface area contributed by atoms with Crippen LogP contribution in [-0.2, 0) is 4.79 Å². The maximum Gasteiger partial charge on any atom is 0.253 e. The molecule has 1 aliphatic carbocycles. The Morgan fingerprint density at radius 2 is 2.10 bits per heavy atom. The number of nitrogens with two attached hydrogens (primary N) is 1. The fraction of sp³-hybridized carbons (Fsp3) is 0.312. The summed E-state index contributed by atoms with van der Waals surface area (Å²) in [5.41, 5.74) is 6.63. The Labute approximate surface area is 122 Å². The average Bonchev–Trinajstić information content (AvgIpc) is 3.30. The molecular weight excluding hydrogens is 266 g/mol. The molecule has 1 aliphatic rings. The molecule has 1 heterocycles. The Bertz CT molecular complexity index is 695. The summed E-state index contributed by atoms with van der Waals surface area (Å²) in [6, 6.07) is 8.74. The fourth-order valence-electron chi connectivity index (χ4n) is 2.37. The molecule has 0 unspecified atom stereocenters. The molecule has 5 heteroatoms. The summed E-state index contributed by atoms with van der Waals surface area (Å²) >= 11 is 0. The summed E-state index contributed by atoms with van der Waals surface area (Å²) in [7, 11) is 0. The zero-order chi connectivity index (χ0) is 14.8. The normalized spacial score (nSPS) is 15.6. The maximum atomic E-state index is 12.2. The van der Waals surface area contributed by atoms with Crippen LogP contribution in [0.1, 0.15) is 29.6 Å². The highest BCUT2D eigenvalue weighted by Crippen LogP contribution is 2.33. The molecule has 5 nitrogen and oxygen atoms in total. The number of carbonyl (C=O) groups excluding carboxylic acids is 2. The lowest BCUT2D eigenvalue weighted by Gasteiger charge is -2.15. The molecule has 3 rings (SSSR count). The zero-order valence-corrected chi connectivity index (χ0v) is 11.6. The summed E-state index contributed by atoms with van der Waals surface area (Å²) in [6.45, 7) is 0. The lowest BCUT2D eigenvalue weighted by molar-refractivity contribution is -0.120. The predicted molar refractivity (Wildman–Crippen MR) is 79.5 cm³/mol. The molecule has 0 saturated heterocycles. The van der Waals surface area contributed by atoms with Crippen LogP contribution in [-0.4, -0.2) is 22.8 Å². The highest BCUT2D eigenvalue weighted by molar-refractivity contribution is 5.99. The number of pyridine rings is 1. The molecule has 2 aromatic rings. The number of aromatic nitrogens is 1. The van der Waals surface area contributed by atoms with Crippen LogP contribution >= 0.6 is 0 Å². The van der Waals surface area contributed by atoms with Gasteiger partial charge in [0.05, 0.1) is 11.1 Å². The van der Waals surface area contributed by atoms with E-state index in [0.29, 0.717) is 17.9 Å². The van der Waals surface area contributed by atoms with Crippen LogP contribution in [0, 0.1) is 5.92 Å². The van der Waals surface area contributed by atoms with Crippen molar-refractivity contribution in [3.05, 3.63) is 42.1 Å². The molecule has 108 valence electrons. The number of benzene rings is 1. The third-order valence-electron chi connectivity index (χ3n) is 3.77. The van der Waals surface area contributed by atoms with Crippen LogP contribution in [0.5, 0.6) is 0 Å². The fourth-order valence-corrected chi connectivity index (χ4v) is 2.37. The van der Waals surface area contributed by atoms with E-state index >= 15 is 0 Å². The van der Waals surface area contributed by atoms with Gasteiger partial charge in [-0.25, -0.2) is 0 Å². The second-order valence-electron chi connectivity index (χ2n) is 5.52. The first-order chi connectivity index (χ1) is 10.1. The van der Waals surface area contributed by atoms with Gasteiger partial charge in [0.25, 0.3) is 5.91 Å². The van der Waals surface area contributed by atoms with Gasteiger partial charge in [0.1, 0.15) is 6.04 Å². The van der Waals surface area contributed by atoms with Crippen molar-refractivity contribution < 1.29 is 9.59 Å². The molecule has 1 aromatic carbocycles. The summed E-state index contributed by atoms with van der Waals surface area (Å²) < 4.78 is 0. The SMILES string of the molecule is NC(=O)[C@@H](CC1CC1)NC(=O)c1cnc2ccccc2c1. The molecule has 0 spiro atoms. The number of hydrogen-bond acceptors (Lipinski definition) is 3. The Kier molecular flexibility index (Phi) is 3.56. The predicted octanol–water partition coefficient (Wildman–Crippen LogP) is 1.62. The van der Waals surface area contributed by atoms with Gasteiger partial charge in [0.15, 0.2) is 0 Å². The molecule has 1 saturated carbocycles. The van der Waals surface area contributed by atoms with Crippen molar-refractivity contribution >= 4 is 22.7 Å². The number of carbonyl (C=O) groups is 2. The van der Waals surface area contributed by atoms with Gasteiger partial charge in [-0.3, -0.25) is 14.6 Å². The van der Waals surface area contributed by atoms with Crippen molar-refractivity contribution in [1.29, 1.82) is 0 Å². The quantitative estimate of drug-likeness (QED) is 0.874. The summed E-state index contributed by atoms with van der Waals surface area (Å²) in [5, 5.41) is 3.61. The minimum atomic E-state index is -0.600. The van der Waals surface area contributed by atoms with E-state index in [1.807, 2.05) is 24.3 Å². The molecule has 0 radical (unpaired) electrons. The van der Waals surface area contributed by atoms with Gasteiger partial charge in [0.2, 0.25) is 5.91 Å². The van der Waals surface area contributed by atoms with E-state index in [-0.39, 0.29) is 5.91 Å². The molecule has 1 aromatic heterocycles. The van der Waals surface area contributed by atoms with Crippen molar-refractivity contribution in [3.8, 4) is 0 Å². The van der Waals surface area contributed by atoms with Crippen LogP contribution in [0.2, 0.25) is 0 Å². The standard InChI is InChI=1S/C16H17N3O2/c17-15(20)14(7-10-5-6-10)19-16(21)12-8-11-3-1-2-4-13(11)18-9-12/h1-4,8-10,14H,5-7H2,(H2,17,20)(H,19,21)/t14-/m1/s1. The number of para-hydroxylation sites is 1. The minimum absolute atomic E-state index is 0.308. The average molecular weight is 283 g/mol. The topological polar surface area (TPSA) is 85.1 Å². The van der Waals surface area contributed by atoms with Gasteiger partial charge in [-0.15, -0.1) is 0 Å². The Hall–Kier alpha value is -2.43. The van der Waals surface area contributed by atoms with E-state index < -0.39 is 11.9 Å². The Morgan fingerprint density at radius 1 is 1.33 bits per heavy atom. The van der Waals surface area contributed by atoms with Crippen molar-refractivity contribution in [2.45, 2.75) is 25.3 Å². The smallest absolute Gasteiger partial charge is 0.253 e. The van der Waals surface area contributed by atoms with Crippen molar-refractivity contribution in [1.82, 2.24) is 10.3 Å². The van der Waals surface area contributed by atoms with Gasteiger partial charge < -0.3 is 11.1 Å². The maximum absolute atomic E-state index is 12.2. The molecular formula is C16H17N3O2. The van der Waals surface area contributed by atoms with E-state index in [0.717, 1.165) is 23.7 Å². The van der Waals surface area contributed by atoms with Gasteiger partial charge >= 0.3 is 0 Å². The van der Waals surface area contributed by atoms with Crippen LogP contribution in [0.15, 0.2) is 36.5 Å². The molecule has 0 bridgehead atoms. The molecule has 1 atom stereocenters. The number of nitrogens with one attached hydrogen (secondary N) is 1. The van der Waals surface area contributed by atoms with Crippen LogP contribution < -0.4 is 11.1 Å². The first-order valence-corrected chi connectivity index (χ1v) is 7.08. The monoisotopic (exact) mass is 283 g/mol. The van der Waals surface area contributed by atoms with Crippen molar-refractivity contribution in [2.75, 3.05) is 0 Å². The summed E-state index contributed by atoms with van der Waals surface area (Å²) in [6.07, 6.45) is 4.36. The summed E-state index contributed by atoms with van der Waals surface area (Å²) in [4.78, 5) is 27.9. The van der Waals surface area contributed by atoms with Gasteiger partial charge in [-0.2, -0.15) is 0 Å². The van der Waals surface area contributed by atoms with Gasteiger partial charge in [-0.05, 0) is 24.5 Å². The van der Waals surface area contributed by atoms with Crippen molar-refractivity contribution in [3.63, 3.8) is 0 Å². The first-order valence-electron chi connectivity index (χ1n) is 7.08. The number of hydrogen-bond donors (Lipinski definition) is 2. The van der Waals surface area contributed by atoms with Gasteiger partial charge in [0, 0.05) is 11.6 Å². The van der Waals surface area contributed by atoms with Crippen LogP contribution in [0.4, 0.5) is 0 Å². The number of primary amides is 1. The molecule has 0 aliphatic heterocycles. The number of nitrogens with zero attached hydrogens (tertiary/aromatic N) is 1. The lowest BCUT2D eigenvalue weighted by Crippen LogP contribution is -2.44. The summed E-state index contributed by atoms with van der Waals surface area (Å²) in [5.74, 6) is -0.278. The van der Waals surface area contributed by atoms with Crippen LogP contribution in [0.3, 0.4) is 0 Å². The molecule has 21 heavy (non-hydrogen) atoms. The largest absolute Gasteiger partial charge is 0.368 e. The molecule has 2 amide bonds. The van der Waals surface area contributed by atoms with E-state index in [1.54, 1.807) is 6.07 Å². The van der Waals surface area contributed by atoms with E-state index in [4.69, 9.17) is 5.73 Å². The van der Waals surface area contributed by atoms with E-state index in [9.17, 15) is 9.59 Å². The third kappa shape index (κ3) is 3.18. The number of amides is 2. The third-order valence-corrected chi connectivity index (χ3v) is 3.77. The number of fused-ring (bicyclic) bond motifs is 1. The highest BCUT2D eigenvalue weighted by Gasteiger charge is 2.29. The Morgan fingerprint density at radius 3 is 2.81 bits per heavy atom. The first kappa shape index (κ1) is 13.5. The van der Waals surface area contributed by atoms with Crippen LogP contribution in [0.25, 0.3) is 10.9 Å². The molecule has 1 fully saturated rings. The number of rotatable bonds is 5. The zero-order valence-electron chi connectivity index (χ0n) is 11.6. The van der Waals surface area contributed by atoms with Gasteiger partial charge in [-0.1, -0.05) is 31.0 Å². The van der Waals surface area contributed by atoms with E-state index in [2.05, 4.69) is 10.3 Å². The van der Waals surface area contributed by atoms with E-state index in [1.165, 1.54) is 6.20 Å². The second-order valence-corrected chi connectivity index (χ2v) is 5.52. The Balaban J connectivity index is 1.77. The second kappa shape index (κ2) is 5.52.